The Morgan fingerprint density at radius 3 is 2.62 bits per heavy atom. The highest BCUT2D eigenvalue weighted by Crippen LogP contribution is 2.25. The molecule has 0 aliphatic heterocycles. The minimum absolute atomic E-state index is 0.0628. The van der Waals surface area contributed by atoms with E-state index in [1.165, 1.54) is 30.2 Å². The first-order valence-corrected chi connectivity index (χ1v) is 9.77. The molecule has 0 atom stereocenters. The topological polar surface area (TPSA) is 88.8 Å². The fourth-order valence-corrected chi connectivity index (χ4v) is 3.27. The van der Waals surface area contributed by atoms with Crippen molar-refractivity contribution < 1.29 is 18.7 Å². The summed E-state index contributed by atoms with van der Waals surface area (Å²) >= 11 is 5.85. The first-order valence-electron chi connectivity index (χ1n) is 9.39. The predicted molar refractivity (Wildman–Crippen MR) is 119 cm³/mol. The minimum atomic E-state index is -0.616. The van der Waals surface area contributed by atoms with Crippen LogP contribution in [-0.2, 0) is 4.74 Å². The number of hydrogen-bond acceptors (Lipinski definition) is 5. The van der Waals surface area contributed by atoms with Gasteiger partial charge in [0.1, 0.15) is 17.3 Å². The average Bonchev–Trinajstić information content (AvgIpc) is 3.23. The monoisotopic (exact) mass is 453 g/mol. The lowest BCUT2D eigenvalue weighted by molar-refractivity contribution is 0.0992. The van der Waals surface area contributed by atoms with Gasteiger partial charge >= 0.3 is 6.09 Å². The van der Waals surface area contributed by atoms with Crippen LogP contribution in [-0.4, -0.2) is 40.5 Å². The van der Waals surface area contributed by atoms with Gasteiger partial charge in [-0.25, -0.2) is 19.2 Å². The zero-order chi connectivity index (χ0) is 22.8. The number of hydrogen-bond donors (Lipinski definition) is 1. The molecule has 8 nitrogen and oxygen atoms in total. The smallest absolute Gasteiger partial charge is 0.412 e. The van der Waals surface area contributed by atoms with E-state index in [0.717, 1.165) is 5.56 Å². The number of nitrogens with zero attached hydrogens (tertiary/aromatic N) is 4. The third-order valence-electron chi connectivity index (χ3n) is 4.82. The SMILES string of the molecule is COC(=O)Nc1ccc(-c2cnc3ccc(C(=O)N(C)c4ccc(F)c(Cl)c4)cn23)cn1. The van der Waals surface area contributed by atoms with Crippen molar-refractivity contribution in [2.24, 2.45) is 0 Å². The van der Waals surface area contributed by atoms with Gasteiger partial charge in [0.25, 0.3) is 5.91 Å². The summed E-state index contributed by atoms with van der Waals surface area (Å²) < 4.78 is 19.8. The van der Waals surface area contributed by atoms with Crippen molar-refractivity contribution in [2.75, 3.05) is 24.4 Å². The van der Waals surface area contributed by atoms with Crippen molar-refractivity contribution in [3.63, 3.8) is 0 Å². The lowest BCUT2D eigenvalue weighted by Crippen LogP contribution is -2.26. The van der Waals surface area contributed by atoms with Gasteiger partial charge in [0.2, 0.25) is 0 Å². The second-order valence-corrected chi connectivity index (χ2v) is 7.21. The lowest BCUT2D eigenvalue weighted by atomic mass is 10.2. The summed E-state index contributed by atoms with van der Waals surface area (Å²) in [6.45, 7) is 0. The standard InChI is InChI=1S/C22H17ClFN5O3/c1-28(15-5-6-17(24)16(23)9-15)21(30)14-4-8-20-26-11-18(29(20)12-14)13-3-7-19(25-10-13)27-22(31)32-2/h3-12H,1-2H3,(H,25,27,31). The Hall–Kier alpha value is -3.98. The fraction of sp³-hybridized carbons (Fsp3) is 0.0909. The maximum atomic E-state index is 13.5. The van der Waals surface area contributed by atoms with Gasteiger partial charge in [-0.1, -0.05) is 11.6 Å². The molecule has 10 heteroatoms. The van der Waals surface area contributed by atoms with Crippen molar-refractivity contribution in [2.45, 2.75) is 0 Å². The molecule has 0 radical (unpaired) electrons. The number of methoxy groups -OCH3 is 1. The number of carbonyl (C=O) groups excluding carboxylic acids is 2. The number of aromatic nitrogens is 3. The zero-order valence-electron chi connectivity index (χ0n) is 17.0. The number of pyridine rings is 2. The molecule has 0 fully saturated rings. The number of benzene rings is 1. The molecule has 1 N–H and O–H groups in total. The summed E-state index contributed by atoms with van der Waals surface area (Å²) in [6.07, 6.45) is 4.30. The van der Waals surface area contributed by atoms with Crippen LogP contribution < -0.4 is 10.2 Å². The molecule has 0 saturated carbocycles. The highest BCUT2D eigenvalue weighted by Gasteiger charge is 2.17. The number of amides is 2. The fourth-order valence-electron chi connectivity index (χ4n) is 3.10. The van der Waals surface area contributed by atoms with Crippen molar-refractivity contribution >= 4 is 40.8 Å². The van der Waals surface area contributed by atoms with Crippen LogP contribution in [0.25, 0.3) is 16.9 Å². The van der Waals surface area contributed by atoms with E-state index >= 15 is 0 Å². The van der Waals surface area contributed by atoms with Crippen LogP contribution in [0.1, 0.15) is 10.4 Å². The Labute approximate surface area is 187 Å². The average molecular weight is 454 g/mol. The summed E-state index contributed by atoms with van der Waals surface area (Å²) in [5, 5.41) is 2.42. The second-order valence-electron chi connectivity index (χ2n) is 6.80. The van der Waals surface area contributed by atoms with Gasteiger partial charge in [0, 0.05) is 30.7 Å². The molecule has 0 saturated heterocycles. The molecular weight excluding hydrogens is 437 g/mol. The summed E-state index contributed by atoms with van der Waals surface area (Å²) in [4.78, 5) is 34.3. The van der Waals surface area contributed by atoms with Crippen LogP contribution in [0.4, 0.5) is 20.7 Å². The van der Waals surface area contributed by atoms with Crippen LogP contribution in [0.2, 0.25) is 5.02 Å². The van der Waals surface area contributed by atoms with E-state index in [1.807, 2.05) is 0 Å². The van der Waals surface area contributed by atoms with Gasteiger partial charge in [0.15, 0.2) is 0 Å². The van der Waals surface area contributed by atoms with Crippen LogP contribution >= 0.6 is 11.6 Å². The maximum absolute atomic E-state index is 13.5. The van der Waals surface area contributed by atoms with Crippen LogP contribution in [0.5, 0.6) is 0 Å². The molecule has 4 aromatic rings. The maximum Gasteiger partial charge on any atom is 0.412 e. The molecule has 4 rings (SSSR count). The molecule has 2 amide bonds. The van der Waals surface area contributed by atoms with Gasteiger partial charge in [-0.15, -0.1) is 0 Å². The molecule has 3 aromatic heterocycles. The Balaban J connectivity index is 1.64. The Morgan fingerprint density at radius 2 is 1.94 bits per heavy atom. The number of halogens is 2. The van der Waals surface area contributed by atoms with E-state index < -0.39 is 11.9 Å². The molecule has 0 spiro atoms. The second kappa shape index (κ2) is 8.64. The minimum Gasteiger partial charge on any atom is -0.453 e. The van der Waals surface area contributed by atoms with Crippen molar-refractivity contribution in [1.29, 1.82) is 0 Å². The highest BCUT2D eigenvalue weighted by atomic mass is 35.5. The van der Waals surface area contributed by atoms with E-state index in [4.69, 9.17) is 11.6 Å². The number of carbonyl (C=O) groups is 2. The van der Waals surface area contributed by atoms with Crippen molar-refractivity contribution in [3.05, 3.63) is 77.5 Å². The van der Waals surface area contributed by atoms with Crippen LogP contribution in [0, 0.1) is 5.82 Å². The molecule has 0 unspecified atom stereocenters. The predicted octanol–water partition coefficient (Wildman–Crippen LogP) is 4.64. The molecular formula is C22H17ClFN5O3. The molecule has 162 valence electrons. The van der Waals surface area contributed by atoms with Gasteiger partial charge in [0.05, 0.1) is 29.6 Å². The summed E-state index contributed by atoms with van der Waals surface area (Å²) in [6, 6.07) is 10.9. The van der Waals surface area contributed by atoms with E-state index in [9.17, 15) is 14.0 Å². The number of nitrogens with one attached hydrogen (secondary N) is 1. The van der Waals surface area contributed by atoms with Crippen LogP contribution in [0.15, 0.2) is 61.1 Å². The zero-order valence-corrected chi connectivity index (χ0v) is 17.8. The van der Waals surface area contributed by atoms with E-state index in [2.05, 4.69) is 20.0 Å². The Kier molecular flexibility index (Phi) is 5.74. The van der Waals surface area contributed by atoms with Crippen molar-refractivity contribution in [1.82, 2.24) is 14.4 Å². The molecule has 0 aliphatic rings. The van der Waals surface area contributed by atoms with Gasteiger partial charge in [-0.3, -0.25) is 14.5 Å². The number of ether oxygens (including phenoxy) is 1. The number of anilines is 2. The third kappa shape index (κ3) is 4.10. The third-order valence-corrected chi connectivity index (χ3v) is 5.11. The van der Waals surface area contributed by atoms with Crippen LogP contribution in [0.3, 0.4) is 0 Å². The molecule has 0 bridgehead atoms. The summed E-state index contributed by atoms with van der Waals surface area (Å²) in [7, 11) is 2.85. The van der Waals surface area contributed by atoms with E-state index in [-0.39, 0.29) is 10.9 Å². The molecule has 3 heterocycles. The van der Waals surface area contributed by atoms with E-state index in [1.54, 1.807) is 54.3 Å². The first-order chi connectivity index (χ1) is 15.4. The number of rotatable bonds is 4. The van der Waals surface area contributed by atoms with Gasteiger partial charge < -0.3 is 9.64 Å². The summed E-state index contributed by atoms with van der Waals surface area (Å²) in [5.41, 5.74) is 2.94. The molecule has 32 heavy (non-hydrogen) atoms. The molecule has 0 aliphatic carbocycles. The number of fused-ring (bicyclic) bond motifs is 1. The quantitative estimate of drug-likeness (QED) is 0.486. The molecule has 1 aromatic carbocycles. The normalized spacial score (nSPS) is 10.8. The van der Waals surface area contributed by atoms with Gasteiger partial charge in [-0.2, -0.15) is 0 Å². The number of imidazole rings is 1. The lowest BCUT2D eigenvalue weighted by Gasteiger charge is -2.18. The highest BCUT2D eigenvalue weighted by molar-refractivity contribution is 6.31. The Morgan fingerprint density at radius 1 is 1.12 bits per heavy atom. The van der Waals surface area contributed by atoms with E-state index in [0.29, 0.717) is 28.4 Å². The largest absolute Gasteiger partial charge is 0.453 e. The Bertz CT molecular complexity index is 1320. The van der Waals surface area contributed by atoms with Gasteiger partial charge in [-0.05, 0) is 42.5 Å². The van der Waals surface area contributed by atoms with Crippen molar-refractivity contribution in [3.8, 4) is 11.3 Å². The first kappa shape index (κ1) is 21.3. The summed E-state index contributed by atoms with van der Waals surface area (Å²) in [5.74, 6) is -0.517.